The summed E-state index contributed by atoms with van der Waals surface area (Å²) in [7, 11) is 3.20. The highest BCUT2D eigenvalue weighted by atomic mass is 16.5. The van der Waals surface area contributed by atoms with E-state index in [1.54, 1.807) is 31.2 Å². The molecule has 0 radical (unpaired) electrons. The average molecular weight is 390 g/mol. The second kappa shape index (κ2) is 7.31. The zero-order valence-corrected chi connectivity index (χ0v) is 16.3. The summed E-state index contributed by atoms with van der Waals surface area (Å²) < 4.78 is 12.2. The van der Waals surface area contributed by atoms with Gasteiger partial charge in [-0.25, -0.2) is 9.66 Å². The fraction of sp³-hybridized carbons (Fsp3) is 0.190. The first-order chi connectivity index (χ1) is 14.0. The average Bonchev–Trinajstić information content (AvgIpc) is 3.31. The van der Waals surface area contributed by atoms with Crippen LogP contribution in [-0.2, 0) is 6.42 Å². The Balaban J connectivity index is 1.73. The summed E-state index contributed by atoms with van der Waals surface area (Å²) in [6, 6.07) is 11.3. The van der Waals surface area contributed by atoms with Crippen molar-refractivity contribution in [3.05, 3.63) is 59.3 Å². The minimum Gasteiger partial charge on any atom is -0.497 e. The molecule has 4 rings (SSSR count). The Kier molecular flexibility index (Phi) is 4.67. The monoisotopic (exact) mass is 390 g/mol. The van der Waals surface area contributed by atoms with Gasteiger partial charge in [-0.05, 0) is 30.5 Å². The number of fused-ring (bicyclic) bond motifs is 1. The smallest absolute Gasteiger partial charge is 0.221 e. The van der Waals surface area contributed by atoms with Crippen LogP contribution < -0.4 is 20.9 Å². The Hall–Kier alpha value is -3.81. The van der Waals surface area contributed by atoms with Gasteiger partial charge in [0, 0.05) is 22.8 Å². The predicted octanol–water partition coefficient (Wildman–Crippen LogP) is 2.63. The number of imidazole rings is 1. The highest BCUT2D eigenvalue weighted by molar-refractivity contribution is 6.08. The van der Waals surface area contributed by atoms with E-state index in [2.05, 4.69) is 4.98 Å². The molecule has 2 aromatic carbocycles. The largest absolute Gasteiger partial charge is 0.497 e. The summed E-state index contributed by atoms with van der Waals surface area (Å²) in [6.45, 7) is 0. The first-order valence-electron chi connectivity index (χ1n) is 9.13. The van der Waals surface area contributed by atoms with E-state index in [9.17, 15) is 0 Å². The van der Waals surface area contributed by atoms with Gasteiger partial charge in [0.05, 0.1) is 31.8 Å². The number of methoxy groups -OCH3 is 2. The number of nitrogens with one attached hydrogen (secondary N) is 1. The number of anilines is 1. The van der Waals surface area contributed by atoms with Crippen molar-refractivity contribution in [3.8, 4) is 22.8 Å². The number of ether oxygens (including phenoxy) is 2. The number of nitrogen functional groups attached to an aromatic ring is 2. The third-order valence-electron chi connectivity index (χ3n) is 4.98. The van der Waals surface area contributed by atoms with Crippen molar-refractivity contribution < 1.29 is 9.47 Å². The molecule has 0 amide bonds. The normalized spacial score (nSPS) is 14.1. The van der Waals surface area contributed by atoms with E-state index in [1.807, 2.05) is 30.3 Å². The number of rotatable bonds is 5. The van der Waals surface area contributed by atoms with E-state index >= 15 is 0 Å². The molecular formula is C21H22N6O2. The van der Waals surface area contributed by atoms with Gasteiger partial charge < -0.3 is 20.9 Å². The summed E-state index contributed by atoms with van der Waals surface area (Å²) in [5.41, 5.74) is 17.0. The quantitative estimate of drug-likeness (QED) is 0.456. The minimum absolute atomic E-state index is 0.0690. The number of amidine groups is 1. The molecule has 0 saturated carbocycles. The van der Waals surface area contributed by atoms with Crippen LogP contribution in [-0.4, -0.2) is 35.4 Å². The third kappa shape index (κ3) is 3.40. The van der Waals surface area contributed by atoms with Crippen LogP contribution in [0.2, 0.25) is 0 Å². The van der Waals surface area contributed by atoms with Crippen molar-refractivity contribution in [1.82, 2.24) is 9.66 Å². The highest BCUT2D eigenvalue weighted by Gasteiger charge is 2.22. The topological polar surface area (TPSA) is 125 Å². The lowest BCUT2D eigenvalue weighted by molar-refractivity contribution is 0.394. The standard InChI is InChI=1S/C21H22N6O2/c1-28-13-8-12(9-14(10-13)29-2)19-11-27(21(24)25-19)26-18-7-6-15-16(18)4-3-5-17(15)20(22)23/h3-5,8-11H,6-7H2,1-2H3,(H3,22,23)(H2,24,25)/b26-18+. The fourth-order valence-corrected chi connectivity index (χ4v) is 3.55. The summed E-state index contributed by atoms with van der Waals surface area (Å²) in [5, 5.41) is 12.5. The van der Waals surface area contributed by atoms with Crippen LogP contribution in [0, 0.1) is 5.41 Å². The molecule has 1 aliphatic carbocycles. The summed E-state index contributed by atoms with van der Waals surface area (Å²) >= 11 is 0. The molecule has 148 valence electrons. The predicted molar refractivity (Wildman–Crippen MR) is 113 cm³/mol. The van der Waals surface area contributed by atoms with E-state index in [0.29, 0.717) is 17.2 Å². The van der Waals surface area contributed by atoms with Crippen molar-refractivity contribution in [2.45, 2.75) is 12.8 Å². The van der Waals surface area contributed by atoms with Crippen molar-refractivity contribution in [1.29, 1.82) is 5.41 Å². The Morgan fingerprint density at radius 3 is 2.52 bits per heavy atom. The summed E-state index contributed by atoms with van der Waals surface area (Å²) in [6.07, 6.45) is 3.32. The van der Waals surface area contributed by atoms with E-state index < -0.39 is 0 Å². The van der Waals surface area contributed by atoms with Crippen molar-refractivity contribution in [2.24, 2.45) is 10.8 Å². The zero-order chi connectivity index (χ0) is 20.5. The molecule has 8 heteroatoms. The maximum absolute atomic E-state index is 7.77. The molecule has 0 saturated heterocycles. The maximum Gasteiger partial charge on any atom is 0.221 e. The molecule has 29 heavy (non-hydrogen) atoms. The minimum atomic E-state index is 0.0690. The molecule has 0 bridgehead atoms. The number of nitrogens with two attached hydrogens (primary N) is 2. The van der Waals surface area contributed by atoms with Crippen LogP contribution in [0.5, 0.6) is 11.5 Å². The lowest BCUT2D eigenvalue weighted by atomic mass is 10.0. The number of benzene rings is 2. The highest BCUT2D eigenvalue weighted by Crippen LogP contribution is 2.30. The number of nitrogens with zero attached hydrogens (tertiary/aromatic N) is 3. The van der Waals surface area contributed by atoms with Crippen LogP contribution >= 0.6 is 0 Å². The number of hydrogen-bond donors (Lipinski definition) is 3. The van der Waals surface area contributed by atoms with Crippen LogP contribution in [0.4, 0.5) is 5.95 Å². The molecule has 0 aliphatic heterocycles. The van der Waals surface area contributed by atoms with Gasteiger partial charge in [0.1, 0.15) is 17.3 Å². The van der Waals surface area contributed by atoms with Crippen LogP contribution in [0.15, 0.2) is 47.7 Å². The van der Waals surface area contributed by atoms with Gasteiger partial charge in [-0.1, -0.05) is 18.2 Å². The lowest BCUT2D eigenvalue weighted by Gasteiger charge is -2.06. The molecule has 0 unspecified atom stereocenters. The van der Waals surface area contributed by atoms with Gasteiger partial charge in [0.25, 0.3) is 0 Å². The Labute approximate surface area is 168 Å². The van der Waals surface area contributed by atoms with Crippen molar-refractivity contribution in [3.63, 3.8) is 0 Å². The number of aromatic nitrogens is 2. The maximum atomic E-state index is 7.77. The number of hydrogen-bond acceptors (Lipinski definition) is 6. The molecule has 0 atom stereocenters. The van der Waals surface area contributed by atoms with Crippen LogP contribution in [0.3, 0.4) is 0 Å². The van der Waals surface area contributed by atoms with E-state index in [0.717, 1.165) is 40.8 Å². The Morgan fingerprint density at radius 2 is 1.86 bits per heavy atom. The molecule has 5 N–H and O–H groups in total. The molecule has 0 fully saturated rings. The van der Waals surface area contributed by atoms with Gasteiger partial charge in [-0.2, -0.15) is 5.10 Å². The van der Waals surface area contributed by atoms with Gasteiger partial charge in [-0.15, -0.1) is 0 Å². The lowest BCUT2D eigenvalue weighted by Crippen LogP contribution is -2.13. The molecule has 1 aliphatic rings. The van der Waals surface area contributed by atoms with Crippen molar-refractivity contribution in [2.75, 3.05) is 20.0 Å². The molecular weight excluding hydrogens is 368 g/mol. The first kappa shape index (κ1) is 18.5. The van der Waals surface area contributed by atoms with Gasteiger partial charge >= 0.3 is 0 Å². The van der Waals surface area contributed by atoms with Gasteiger partial charge in [-0.3, -0.25) is 5.41 Å². The van der Waals surface area contributed by atoms with Gasteiger partial charge in [0.15, 0.2) is 0 Å². The van der Waals surface area contributed by atoms with Gasteiger partial charge in [0.2, 0.25) is 5.95 Å². The first-order valence-corrected chi connectivity index (χ1v) is 9.13. The molecule has 3 aromatic rings. The SMILES string of the molecule is COc1cc(OC)cc(-c2cn(/N=C3\CCc4c(C(=N)N)cccc43)c(N)n2)c1. The van der Waals surface area contributed by atoms with E-state index in [-0.39, 0.29) is 11.8 Å². The van der Waals surface area contributed by atoms with Crippen LogP contribution in [0.25, 0.3) is 11.3 Å². The van der Waals surface area contributed by atoms with E-state index in [4.69, 9.17) is 31.5 Å². The van der Waals surface area contributed by atoms with E-state index in [1.165, 1.54) is 0 Å². The fourth-order valence-electron chi connectivity index (χ4n) is 3.55. The second-order valence-electron chi connectivity index (χ2n) is 6.72. The second-order valence-corrected chi connectivity index (χ2v) is 6.72. The summed E-state index contributed by atoms with van der Waals surface area (Å²) in [5.74, 6) is 1.69. The molecule has 1 aromatic heterocycles. The Bertz CT molecular complexity index is 1110. The van der Waals surface area contributed by atoms with Crippen molar-refractivity contribution >= 4 is 17.5 Å². The molecule has 8 nitrogen and oxygen atoms in total. The molecule has 0 spiro atoms. The Morgan fingerprint density at radius 1 is 1.14 bits per heavy atom. The zero-order valence-electron chi connectivity index (χ0n) is 16.3. The third-order valence-corrected chi connectivity index (χ3v) is 4.98. The summed E-state index contributed by atoms with van der Waals surface area (Å²) in [4.78, 5) is 4.44. The molecule has 1 heterocycles. The van der Waals surface area contributed by atoms with Crippen LogP contribution in [0.1, 0.15) is 23.1 Å².